The SMILES string of the molecule is CCN1C(=CC=c2s/c(=C3\SC(=S)N(CC(=O)O)C3=O)n(CC)c2=O)Sc2ccc(C(F)(F)F)cc21. The van der Waals surface area contributed by atoms with E-state index in [4.69, 9.17) is 17.3 Å². The number of thiazole rings is 1. The van der Waals surface area contributed by atoms with Crippen molar-refractivity contribution in [1.29, 1.82) is 0 Å². The monoisotopic (exact) mass is 573 g/mol. The van der Waals surface area contributed by atoms with Gasteiger partial charge in [-0.05, 0) is 44.2 Å². The number of carboxylic acid groups (broad SMARTS) is 1. The average molecular weight is 574 g/mol. The molecule has 0 bridgehead atoms. The number of carboxylic acids is 1. The number of hydrogen-bond acceptors (Lipinski definition) is 8. The van der Waals surface area contributed by atoms with Gasteiger partial charge in [-0.2, -0.15) is 13.2 Å². The average Bonchev–Trinajstić information content (AvgIpc) is 3.42. The number of fused-ring (bicyclic) bond motifs is 1. The summed E-state index contributed by atoms with van der Waals surface area (Å²) in [6.07, 6.45) is -1.19. The molecule has 1 N–H and O–H groups in total. The van der Waals surface area contributed by atoms with Crippen molar-refractivity contribution in [2.24, 2.45) is 0 Å². The van der Waals surface area contributed by atoms with E-state index in [1.807, 2.05) is 6.92 Å². The van der Waals surface area contributed by atoms with Gasteiger partial charge < -0.3 is 10.0 Å². The fourth-order valence-corrected chi connectivity index (χ4v) is 7.29. The summed E-state index contributed by atoms with van der Waals surface area (Å²) in [5.41, 5.74) is -0.615. The molecule has 2 aromatic rings. The molecule has 0 saturated carbocycles. The van der Waals surface area contributed by atoms with Crippen molar-refractivity contribution in [2.75, 3.05) is 18.0 Å². The predicted octanol–water partition coefficient (Wildman–Crippen LogP) is 3.26. The number of hydrogen-bond donors (Lipinski definition) is 1. The Hall–Kier alpha value is -2.55. The zero-order chi connectivity index (χ0) is 26.4. The summed E-state index contributed by atoms with van der Waals surface area (Å²) >= 11 is 8.48. The molecular formula is C22H18F3N3O4S4. The molecule has 0 atom stereocenters. The standard InChI is InChI=1S/C22H18F3N3O4S4/c1-3-26-12-9-11(22(23,24)25)5-6-13(12)34-15(26)8-7-14-18(31)27(4-2)20(35-14)17-19(32)28(10-16(29)30)21(33)36-17/h5-9H,3-4,10H2,1-2H3,(H,29,30)/b14-7?,15-8?,20-17-. The summed E-state index contributed by atoms with van der Waals surface area (Å²) in [6, 6.07) is 3.60. The maximum atomic E-state index is 13.2. The number of anilines is 1. The second kappa shape index (κ2) is 10.1. The quantitative estimate of drug-likeness (QED) is 0.546. The number of carbonyl (C=O) groups is 2. The number of thioether (sulfide) groups is 2. The van der Waals surface area contributed by atoms with Gasteiger partial charge in [0.05, 0.1) is 20.8 Å². The third-order valence-electron chi connectivity index (χ3n) is 5.31. The molecule has 7 nitrogen and oxygen atoms in total. The van der Waals surface area contributed by atoms with Gasteiger partial charge in [-0.15, -0.1) is 11.3 Å². The fourth-order valence-electron chi connectivity index (χ4n) is 3.66. The topological polar surface area (TPSA) is 82.8 Å². The number of alkyl halides is 3. The van der Waals surface area contributed by atoms with E-state index >= 15 is 0 Å². The van der Waals surface area contributed by atoms with E-state index in [1.54, 1.807) is 24.0 Å². The second-order valence-corrected chi connectivity index (χ2v) is 11.2. The van der Waals surface area contributed by atoms with Crippen LogP contribution in [0.1, 0.15) is 19.4 Å². The second-order valence-electron chi connectivity index (χ2n) is 7.50. The van der Waals surface area contributed by atoms with Crippen LogP contribution < -0.4 is 19.7 Å². The minimum atomic E-state index is -4.45. The Kier molecular flexibility index (Phi) is 7.42. The molecular weight excluding hydrogens is 556 g/mol. The number of aromatic nitrogens is 1. The smallest absolute Gasteiger partial charge is 0.416 e. The van der Waals surface area contributed by atoms with E-state index in [2.05, 4.69) is 0 Å². The van der Waals surface area contributed by atoms with Gasteiger partial charge in [-0.25, -0.2) is 0 Å². The highest BCUT2D eigenvalue weighted by Crippen LogP contribution is 2.47. The normalized spacial score (nSPS) is 19.1. The van der Waals surface area contributed by atoms with Crippen LogP contribution in [0.2, 0.25) is 0 Å². The first-order valence-corrected chi connectivity index (χ1v) is 13.4. The van der Waals surface area contributed by atoms with Crippen molar-refractivity contribution < 1.29 is 27.9 Å². The molecule has 1 fully saturated rings. The van der Waals surface area contributed by atoms with Crippen LogP contribution in [0, 0.1) is 0 Å². The highest BCUT2D eigenvalue weighted by molar-refractivity contribution is 8.30. The Bertz CT molecular complexity index is 1490. The van der Waals surface area contributed by atoms with Crippen molar-refractivity contribution in [1.82, 2.24) is 9.47 Å². The lowest BCUT2D eigenvalue weighted by Gasteiger charge is -2.18. The number of aliphatic carboxylic acids is 1. The Morgan fingerprint density at radius 3 is 2.44 bits per heavy atom. The molecule has 1 saturated heterocycles. The van der Waals surface area contributed by atoms with Crippen LogP contribution in [0.3, 0.4) is 0 Å². The van der Waals surface area contributed by atoms with E-state index in [1.165, 1.54) is 22.4 Å². The zero-order valence-electron chi connectivity index (χ0n) is 18.8. The first-order chi connectivity index (χ1) is 17.0. The summed E-state index contributed by atoms with van der Waals surface area (Å²) in [7, 11) is 0. The summed E-state index contributed by atoms with van der Waals surface area (Å²) in [5, 5.41) is 9.72. The molecule has 0 unspecified atom stereocenters. The number of amides is 1. The van der Waals surface area contributed by atoms with Crippen LogP contribution in [0.25, 0.3) is 11.0 Å². The molecule has 2 aliphatic heterocycles. The molecule has 3 heterocycles. The molecule has 4 rings (SSSR count). The lowest BCUT2D eigenvalue weighted by Crippen LogP contribution is -2.35. The first kappa shape index (κ1) is 26.5. The van der Waals surface area contributed by atoms with Crippen molar-refractivity contribution in [3.05, 3.63) is 54.4 Å². The third-order valence-corrected chi connectivity index (χ3v) is 9.16. The summed E-state index contributed by atoms with van der Waals surface area (Å²) in [4.78, 5) is 40.5. The number of halogens is 3. The van der Waals surface area contributed by atoms with Gasteiger partial charge in [-0.1, -0.05) is 35.7 Å². The highest BCUT2D eigenvalue weighted by atomic mass is 32.2. The van der Waals surface area contributed by atoms with Gasteiger partial charge in [0.25, 0.3) is 11.5 Å². The highest BCUT2D eigenvalue weighted by Gasteiger charge is 2.36. The predicted molar refractivity (Wildman–Crippen MR) is 139 cm³/mol. The van der Waals surface area contributed by atoms with Gasteiger partial charge in [0.1, 0.15) is 20.4 Å². The molecule has 0 aliphatic carbocycles. The Balaban J connectivity index is 1.76. The molecule has 2 aliphatic rings. The van der Waals surface area contributed by atoms with Crippen LogP contribution in [-0.4, -0.2) is 43.9 Å². The van der Waals surface area contributed by atoms with Crippen LogP contribution >= 0.6 is 47.1 Å². The lowest BCUT2D eigenvalue weighted by atomic mass is 10.2. The van der Waals surface area contributed by atoms with Gasteiger partial charge in [0, 0.05) is 18.0 Å². The molecule has 1 amide bonds. The number of nitrogens with zero attached hydrogens (tertiary/aromatic N) is 3. The first-order valence-electron chi connectivity index (χ1n) is 10.5. The van der Waals surface area contributed by atoms with Crippen LogP contribution in [0.15, 0.2) is 39.0 Å². The van der Waals surface area contributed by atoms with Gasteiger partial charge >= 0.3 is 12.1 Å². The van der Waals surface area contributed by atoms with E-state index in [9.17, 15) is 27.6 Å². The van der Waals surface area contributed by atoms with Gasteiger partial charge in [0.15, 0.2) is 0 Å². The molecule has 14 heteroatoms. The molecule has 36 heavy (non-hydrogen) atoms. The Morgan fingerprint density at radius 1 is 1.11 bits per heavy atom. The maximum Gasteiger partial charge on any atom is 0.416 e. The van der Waals surface area contributed by atoms with Crippen LogP contribution in [0.4, 0.5) is 18.9 Å². The van der Waals surface area contributed by atoms with Gasteiger partial charge in [-0.3, -0.25) is 23.9 Å². The largest absolute Gasteiger partial charge is 0.480 e. The van der Waals surface area contributed by atoms with Crippen molar-refractivity contribution in [3.63, 3.8) is 0 Å². The molecule has 190 valence electrons. The molecule has 1 aromatic carbocycles. The van der Waals surface area contributed by atoms with Crippen LogP contribution in [0.5, 0.6) is 0 Å². The summed E-state index contributed by atoms with van der Waals surface area (Å²) in [5.74, 6) is -1.77. The van der Waals surface area contributed by atoms with E-state index in [0.717, 1.165) is 40.1 Å². The number of allylic oxidation sites excluding steroid dienone is 1. The zero-order valence-corrected chi connectivity index (χ0v) is 22.1. The number of carbonyl (C=O) groups excluding carboxylic acids is 1. The Labute approximate surface area is 220 Å². The summed E-state index contributed by atoms with van der Waals surface area (Å²) in [6.45, 7) is 3.71. The Morgan fingerprint density at radius 2 is 1.83 bits per heavy atom. The number of thiocarbonyl (C=S) groups is 1. The lowest BCUT2D eigenvalue weighted by molar-refractivity contribution is -0.140. The maximum absolute atomic E-state index is 13.2. The molecule has 0 radical (unpaired) electrons. The van der Waals surface area contributed by atoms with E-state index in [-0.39, 0.29) is 21.3 Å². The van der Waals surface area contributed by atoms with Crippen molar-refractivity contribution >= 4 is 79.9 Å². The molecule has 1 aromatic heterocycles. The minimum Gasteiger partial charge on any atom is -0.480 e. The van der Waals surface area contributed by atoms with Crippen molar-refractivity contribution in [2.45, 2.75) is 31.5 Å². The van der Waals surface area contributed by atoms with E-state index < -0.39 is 30.2 Å². The number of rotatable bonds is 5. The van der Waals surface area contributed by atoms with Crippen LogP contribution in [-0.2, 0) is 22.3 Å². The van der Waals surface area contributed by atoms with Gasteiger partial charge in [0.2, 0.25) is 0 Å². The molecule has 0 spiro atoms. The fraction of sp³-hybridized carbons (Fsp3) is 0.273. The third kappa shape index (κ3) is 4.86. The minimum absolute atomic E-state index is 0.102. The van der Waals surface area contributed by atoms with E-state index in [0.29, 0.717) is 31.4 Å². The number of benzene rings is 1. The van der Waals surface area contributed by atoms with Crippen molar-refractivity contribution in [3.8, 4) is 0 Å². The summed E-state index contributed by atoms with van der Waals surface area (Å²) < 4.78 is 41.8.